The third kappa shape index (κ3) is 4.97. The molecule has 0 aromatic carbocycles. The molecule has 34 heavy (non-hydrogen) atoms. The third-order valence-corrected chi connectivity index (χ3v) is 7.76. The number of rotatable bonds is 8. The second-order valence-electron chi connectivity index (χ2n) is 10.3. The number of nitrogens with zero attached hydrogens (tertiary/aromatic N) is 6. The summed E-state index contributed by atoms with van der Waals surface area (Å²) in [5.74, 6) is 3.65. The topological polar surface area (TPSA) is 79.2 Å². The molecular weight excluding hydrogens is 426 g/mol. The summed E-state index contributed by atoms with van der Waals surface area (Å²) in [7, 11) is 0. The summed E-state index contributed by atoms with van der Waals surface area (Å²) in [5, 5.41) is 2.93. The number of piperidine rings is 1. The van der Waals surface area contributed by atoms with E-state index >= 15 is 0 Å². The fourth-order valence-electron chi connectivity index (χ4n) is 5.83. The second kappa shape index (κ2) is 10.4. The van der Waals surface area contributed by atoms with Gasteiger partial charge in [0.25, 0.3) is 0 Å². The molecule has 0 aliphatic carbocycles. The fraction of sp³-hybridized carbons (Fsp3) is 0.692. The highest BCUT2D eigenvalue weighted by molar-refractivity contribution is 5.94. The largest absolute Gasteiger partial charge is 0.356 e. The van der Waals surface area contributed by atoms with Crippen molar-refractivity contribution in [1.82, 2.24) is 24.4 Å². The van der Waals surface area contributed by atoms with Crippen molar-refractivity contribution in [2.45, 2.75) is 83.6 Å². The Morgan fingerprint density at radius 2 is 1.88 bits per heavy atom. The normalized spacial score (nSPS) is 21.6. The molecule has 1 unspecified atom stereocenters. The van der Waals surface area contributed by atoms with Gasteiger partial charge < -0.3 is 19.7 Å². The quantitative estimate of drug-likeness (QED) is 0.636. The lowest BCUT2D eigenvalue weighted by Crippen LogP contribution is -2.36. The van der Waals surface area contributed by atoms with Gasteiger partial charge in [-0.1, -0.05) is 20.3 Å². The van der Waals surface area contributed by atoms with Crippen molar-refractivity contribution in [3.8, 4) is 0 Å². The van der Waals surface area contributed by atoms with E-state index in [-0.39, 0.29) is 11.8 Å². The molecule has 8 heteroatoms. The van der Waals surface area contributed by atoms with Crippen molar-refractivity contribution in [2.75, 3.05) is 42.9 Å². The van der Waals surface area contributed by atoms with Crippen LogP contribution in [0.25, 0.3) is 0 Å². The smallest absolute Gasteiger partial charge is 0.226 e. The van der Waals surface area contributed by atoms with Crippen LogP contribution in [0.5, 0.6) is 0 Å². The Morgan fingerprint density at radius 3 is 2.65 bits per heavy atom. The summed E-state index contributed by atoms with van der Waals surface area (Å²) in [4.78, 5) is 31.1. The summed E-state index contributed by atoms with van der Waals surface area (Å²) in [6, 6.07) is 0. The number of likely N-dealkylation sites (tertiary alicyclic amines) is 1. The van der Waals surface area contributed by atoms with E-state index in [0.717, 1.165) is 56.8 Å². The van der Waals surface area contributed by atoms with Crippen LogP contribution < -0.4 is 10.2 Å². The van der Waals surface area contributed by atoms with Gasteiger partial charge in [-0.3, -0.25) is 4.79 Å². The lowest BCUT2D eigenvalue weighted by atomic mass is 9.92. The minimum atomic E-state index is 0.0444. The summed E-state index contributed by atoms with van der Waals surface area (Å²) in [6.07, 6.45) is 12.7. The van der Waals surface area contributed by atoms with Crippen LogP contribution >= 0.6 is 0 Å². The van der Waals surface area contributed by atoms with Gasteiger partial charge in [0.15, 0.2) is 0 Å². The SMILES string of the molecule is CCCCc1cn(CCN2CCCC2)c(C2CCN(c3ncnc4c3C(C)CC(=O)N4)CC2)n1. The Kier molecular flexibility index (Phi) is 7.13. The number of amides is 1. The van der Waals surface area contributed by atoms with Crippen LogP contribution in [0, 0.1) is 0 Å². The maximum atomic E-state index is 12.0. The number of imidazole rings is 1. The number of aromatic nitrogens is 4. The summed E-state index contributed by atoms with van der Waals surface area (Å²) in [5.41, 5.74) is 2.35. The van der Waals surface area contributed by atoms with Gasteiger partial charge in [0.2, 0.25) is 5.91 Å². The number of anilines is 2. The summed E-state index contributed by atoms with van der Waals surface area (Å²) < 4.78 is 2.47. The molecule has 0 spiro atoms. The molecule has 0 saturated carbocycles. The summed E-state index contributed by atoms with van der Waals surface area (Å²) >= 11 is 0. The Hall–Kier alpha value is -2.48. The number of unbranched alkanes of at least 4 members (excludes halogenated alkanes) is 1. The monoisotopic (exact) mass is 465 g/mol. The van der Waals surface area contributed by atoms with Crippen molar-refractivity contribution < 1.29 is 4.79 Å². The number of carbonyl (C=O) groups is 1. The minimum Gasteiger partial charge on any atom is -0.356 e. The predicted molar refractivity (Wildman–Crippen MR) is 134 cm³/mol. The molecule has 0 radical (unpaired) electrons. The third-order valence-electron chi connectivity index (χ3n) is 7.76. The van der Waals surface area contributed by atoms with E-state index in [1.54, 1.807) is 6.33 Å². The molecular formula is C26H39N7O. The van der Waals surface area contributed by atoms with Crippen LogP contribution in [-0.2, 0) is 17.8 Å². The van der Waals surface area contributed by atoms with Crippen molar-refractivity contribution in [1.29, 1.82) is 0 Å². The van der Waals surface area contributed by atoms with Gasteiger partial charge in [0.1, 0.15) is 23.8 Å². The van der Waals surface area contributed by atoms with Gasteiger partial charge in [-0.15, -0.1) is 0 Å². The zero-order valence-electron chi connectivity index (χ0n) is 20.8. The first kappa shape index (κ1) is 23.3. The lowest BCUT2D eigenvalue weighted by Gasteiger charge is -2.35. The van der Waals surface area contributed by atoms with Crippen molar-refractivity contribution in [2.24, 2.45) is 0 Å². The van der Waals surface area contributed by atoms with Crippen LogP contribution in [0.4, 0.5) is 11.6 Å². The van der Waals surface area contributed by atoms with Crippen LogP contribution in [-0.4, -0.2) is 63.0 Å². The van der Waals surface area contributed by atoms with Crippen molar-refractivity contribution in [3.63, 3.8) is 0 Å². The van der Waals surface area contributed by atoms with Crippen LogP contribution in [0.1, 0.15) is 87.7 Å². The lowest BCUT2D eigenvalue weighted by molar-refractivity contribution is -0.116. The fourth-order valence-corrected chi connectivity index (χ4v) is 5.83. The van der Waals surface area contributed by atoms with Crippen LogP contribution in [0.15, 0.2) is 12.5 Å². The van der Waals surface area contributed by atoms with E-state index < -0.39 is 0 Å². The molecule has 0 bridgehead atoms. The highest BCUT2D eigenvalue weighted by atomic mass is 16.1. The first-order valence-electron chi connectivity index (χ1n) is 13.3. The van der Waals surface area contributed by atoms with E-state index in [9.17, 15) is 4.79 Å². The molecule has 2 aromatic rings. The molecule has 3 aliphatic rings. The number of fused-ring (bicyclic) bond motifs is 1. The van der Waals surface area contributed by atoms with Gasteiger partial charge in [-0.25, -0.2) is 15.0 Å². The highest BCUT2D eigenvalue weighted by Gasteiger charge is 2.31. The molecule has 1 N–H and O–H groups in total. The highest BCUT2D eigenvalue weighted by Crippen LogP contribution is 2.38. The van der Waals surface area contributed by atoms with Gasteiger partial charge in [0.05, 0.1) is 5.69 Å². The number of aryl methyl sites for hydroxylation is 1. The molecule has 2 aromatic heterocycles. The van der Waals surface area contributed by atoms with Gasteiger partial charge in [0, 0.05) is 50.3 Å². The van der Waals surface area contributed by atoms with E-state index in [1.165, 1.54) is 50.3 Å². The molecule has 8 nitrogen and oxygen atoms in total. The number of hydrogen-bond acceptors (Lipinski definition) is 6. The zero-order chi connectivity index (χ0) is 23.5. The van der Waals surface area contributed by atoms with Crippen molar-refractivity contribution in [3.05, 3.63) is 29.6 Å². The average molecular weight is 466 g/mol. The van der Waals surface area contributed by atoms with Crippen LogP contribution in [0.3, 0.4) is 0 Å². The second-order valence-corrected chi connectivity index (χ2v) is 10.3. The molecule has 184 valence electrons. The van der Waals surface area contributed by atoms with Gasteiger partial charge in [-0.2, -0.15) is 0 Å². The summed E-state index contributed by atoms with van der Waals surface area (Å²) in [6.45, 7) is 10.9. The molecule has 2 fully saturated rings. The van der Waals surface area contributed by atoms with Crippen molar-refractivity contribution >= 4 is 17.5 Å². The van der Waals surface area contributed by atoms with E-state index in [1.807, 2.05) is 0 Å². The maximum absolute atomic E-state index is 12.0. The molecule has 3 aliphatic heterocycles. The Balaban J connectivity index is 1.29. The maximum Gasteiger partial charge on any atom is 0.226 e. The van der Waals surface area contributed by atoms with E-state index in [4.69, 9.17) is 4.98 Å². The average Bonchev–Trinajstić information content (AvgIpc) is 3.51. The molecule has 5 heterocycles. The number of nitrogens with one attached hydrogen (secondary N) is 1. The van der Waals surface area contributed by atoms with Gasteiger partial charge in [-0.05, 0) is 57.5 Å². The Morgan fingerprint density at radius 1 is 1.09 bits per heavy atom. The first-order chi connectivity index (χ1) is 16.6. The van der Waals surface area contributed by atoms with Gasteiger partial charge >= 0.3 is 0 Å². The predicted octanol–water partition coefficient (Wildman–Crippen LogP) is 3.94. The first-order valence-corrected chi connectivity index (χ1v) is 13.3. The Labute approximate surface area is 203 Å². The standard InChI is InChI=1S/C26H39N7O/c1-3-4-7-21-17-33(15-14-31-10-5-6-11-31)25(29-21)20-8-12-32(13-9-20)26-23-19(2)16-22(34)30-24(23)27-18-28-26/h17-20H,3-16H2,1-2H3,(H,27,28,30,34). The van der Waals surface area contributed by atoms with E-state index in [2.05, 4.69) is 49.7 Å². The molecule has 2 saturated heterocycles. The Bertz CT molecular complexity index is 989. The zero-order valence-corrected chi connectivity index (χ0v) is 20.8. The number of carbonyl (C=O) groups excluding carboxylic acids is 1. The molecule has 1 amide bonds. The van der Waals surface area contributed by atoms with E-state index in [0.29, 0.717) is 18.2 Å². The van der Waals surface area contributed by atoms with Crippen LogP contribution in [0.2, 0.25) is 0 Å². The molecule has 5 rings (SSSR count). The minimum absolute atomic E-state index is 0.0444. The number of hydrogen-bond donors (Lipinski definition) is 1. The molecule has 1 atom stereocenters.